The first-order chi connectivity index (χ1) is 14.5. The van der Waals surface area contributed by atoms with E-state index in [1.165, 1.54) is 17.3 Å². The Bertz CT molecular complexity index is 927. The second-order valence-corrected chi connectivity index (χ2v) is 6.85. The van der Waals surface area contributed by atoms with E-state index in [1.54, 1.807) is 24.3 Å². The molecule has 0 spiro atoms. The first kappa shape index (κ1) is 22.7. The van der Waals surface area contributed by atoms with Gasteiger partial charge in [-0.15, -0.1) is 0 Å². The fraction of sp³-hybridized carbons (Fsp3) is 0.292. The second-order valence-electron chi connectivity index (χ2n) is 6.85. The lowest BCUT2D eigenvalue weighted by Gasteiger charge is -2.10. The van der Waals surface area contributed by atoms with Gasteiger partial charge in [0.1, 0.15) is 11.6 Å². The fourth-order valence-corrected chi connectivity index (χ4v) is 2.64. The molecule has 2 aromatic rings. The van der Waals surface area contributed by atoms with Crippen LogP contribution in [-0.4, -0.2) is 25.0 Å². The van der Waals surface area contributed by atoms with Crippen molar-refractivity contribution in [3.8, 4) is 6.07 Å². The Morgan fingerprint density at radius 1 is 1.13 bits per heavy atom. The summed E-state index contributed by atoms with van der Waals surface area (Å²) in [5.41, 5.74) is 2.86. The van der Waals surface area contributed by atoms with Crippen LogP contribution in [0.15, 0.2) is 60.3 Å². The van der Waals surface area contributed by atoms with Gasteiger partial charge in [0.25, 0.3) is 5.91 Å². The molecule has 156 valence electrons. The number of esters is 1. The third kappa shape index (κ3) is 7.10. The molecule has 0 aromatic heterocycles. The van der Waals surface area contributed by atoms with Crippen LogP contribution in [0.5, 0.6) is 0 Å². The van der Waals surface area contributed by atoms with Crippen LogP contribution in [0.25, 0.3) is 0 Å². The van der Waals surface area contributed by atoms with E-state index in [9.17, 15) is 14.9 Å². The third-order valence-electron chi connectivity index (χ3n) is 4.42. The molecule has 0 saturated carbocycles. The fourth-order valence-electron chi connectivity index (χ4n) is 2.64. The van der Waals surface area contributed by atoms with Crippen LogP contribution in [0, 0.1) is 18.3 Å². The average Bonchev–Trinajstić information content (AvgIpc) is 2.75. The van der Waals surface area contributed by atoms with Crippen molar-refractivity contribution in [3.05, 3.63) is 77.0 Å². The van der Waals surface area contributed by atoms with Crippen molar-refractivity contribution in [2.75, 3.05) is 18.5 Å². The number of hydrogen-bond acceptors (Lipinski definition) is 5. The van der Waals surface area contributed by atoms with Gasteiger partial charge in [0.05, 0.1) is 17.9 Å². The van der Waals surface area contributed by atoms with Crippen molar-refractivity contribution in [2.45, 2.75) is 33.1 Å². The number of amides is 1. The number of carbonyl (C=O) groups is 2. The standard InChI is InChI=1S/C24H27N3O3/c1-3-4-15-30-24(29)21-7-5-6-8-22(21)27-23(28)20(16-25)17-26-14-13-19-11-9-18(2)10-12-19/h5-12,17,26H,3-4,13-15H2,1-2H3,(H,27,28)/b20-17-. The Hall–Kier alpha value is -3.59. The third-order valence-corrected chi connectivity index (χ3v) is 4.42. The molecule has 2 aromatic carbocycles. The number of ether oxygens (including phenoxy) is 1. The number of nitrogens with zero attached hydrogens (tertiary/aromatic N) is 1. The molecule has 2 N–H and O–H groups in total. The number of nitriles is 1. The van der Waals surface area contributed by atoms with Crippen molar-refractivity contribution in [1.29, 1.82) is 5.26 Å². The smallest absolute Gasteiger partial charge is 0.340 e. The monoisotopic (exact) mass is 405 g/mol. The molecule has 0 heterocycles. The molecule has 0 bridgehead atoms. The summed E-state index contributed by atoms with van der Waals surface area (Å²) in [6, 6.07) is 16.7. The first-order valence-corrected chi connectivity index (χ1v) is 10.0. The molecule has 30 heavy (non-hydrogen) atoms. The topological polar surface area (TPSA) is 91.2 Å². The molecule has 6 nitrogen and oxygen atoms in total. The zero-order chi connectivity index (χ0) is 21.8. The first-order valence-electron chi connectivity index (χ1n) is 10.0. The van der Waals surface area contributed by atoms with Crippen LogP contribution in [0.4, 0.5) is 5.69 Å². The summed E-state index contributed by atoms with van der Waals surface area (Å²) in [4.78, 5) is 24.7. The summed E-state index contributed by atoms with van der Waals surface area (Å²) in [6.07, 6.45) is 3.85. The molecule has 0 aliphatic heterocycles. The van der Waals surface area contributed by atoms with Crippen LogP contribution in [0.3, 0.4) is 0 Å². The number of carbonyl (C=O) groups excluding carboxylic acids is 2. The predicted molar refractivity (Wildman–Crippen MR) is 117 cm³/mol. The summed E-state index contributed by atoms with van der Waals surface area (Å²) >= 11 is 0. The molecule has 0 aliphatic rings. The highest BCUT2D eigenvalue weighted by Crippen LogP contribution is 2.17. The molecular formula is C24H27N3O3. The molecule has 6 heteroatoms. The van der Waals surface area contributed by atoms with Crippen molar-refractivity contribution in [1.82, 2.24) is 5.32 Å². The Morgan fingerprint density at radius 2 is 1.87 bits per heavy atom. The van der Waals surface area contributed by atoms with E-state index in [0.717, 1.165) is 19.3 Å². The van der Waals surface area contributed by atoms with Gasteiger partial charge in [0.15, 0.2) is 0 Å². The van der Waals surface area contributed by atoms with Gasteiger partial charge in [-0.25, -0.2) is 4.79 Å². The Morgan fingerprint density at radius 3 is 2.57 bits per heavy atom. The number of unbranched alkanes of at least 4 members (excludes halogenated alkanes) is 1. The Balaban J connectivity index is 1.96. The lowest BCUT2D eigenvalue weighted by Crippen LogP contribution is -2.19. The maximum atomic E-state index is 12.5. The van der Waals surface area contributed by atoms with Gasteiger partial charge in [-0.1, -0.05) is 55.3 Å². The van der Waals surface area contributed by atoms with E-state index < -0.39 is 11.9 Å². The Kier molecular flexibility index (Phi) is 9.14. The van der Waals surface area contributed by atoms with Gasteiger partial charge >= 0.3 is 5.97 Å². The van der Waals surface area contributed by atoms with Crippen LogP contribution < -0.4 is 10.6 Å². The number of aryl methyl sites for hydroxylation is 1. The van der Waals surface area contributed by atoms with Gasteiger partial charge in [-0.05, 0) is 37.5 Å². The van der Waals surface area contributed by atoms with E-state index in [2.05, 4.69) is 22.8 Å². The highest BCUT2D eigenvalue weighted by molar-refractivity contribution is 6.09. The quantitative estimate of drug-likeness (QED) is 0.268. The highest BCUT2D eigenvalue weighted by atomic mass is 16.5. The van der Waals surface area contributed by atoms with E-state index in [4.69, 9.17) is 4.74 Å². The maximum absolute atomic E-state index is 12.5. The number of benzene rings is 2. The Labute approximate surface area is 177 Å². The van der Waals surface area contributed by atoms with E-state index in [0.29, 0.717) is 18.8 Å². The summed E-state index contributed by atoms with van der Waals surface area (Å²) in [5.74, 6) is -1.09. The molecule has 0 radical (unpaired) electrons. The van der Waals surface area contributed by atoms with E-state index in [1.807, 2.05) is 32.0 Å². The van der Waals surface area contributed by atoms with Crippen LogP contribution in [0.2, 0.25) is 0 Å². The zero-order valence-electron chi connectivity index (χ0n) is 17.4. The molecule has 0 fully saturated rings. The molecule has 0 saturated heterocycles. The van der Waals surface area contributed by atoms with Crippen LogP contribution >= 0.6 is 0 Å². The summed E-state index contributed by atoms with van der Waals surface area (Å²) in [6.45, 7) is 4.95. The molecule has 0 aliphatic carbocycles. The number of hydrogen-bond donors (Lipinski definition) is 2. The average molecular weight is 405 g/mol. The lowest BCUT2D eigenvalue weighted by molar-refractivity contribution is -0.112. The number of anilines is 1. The number of para-hydroxylation sites is 1. The molecule has 2 rings (SSSR count). The van der Waals surface area contributed by atoms with Gasteiger partial charge in [-0.3, -0.25) is 4.79 Å². The molecule has 0 atom stereocenters. The second kappa shape index (κ2) is 12.1. The summed E-state index contributed by atoms with van der Waals surface area (Å²) in [7, 11) is 0. The van der Waals surface area contributed by atoms with Gasteiger partial charge in [0, 0.05) is 12.7 Å². The van der Waals surface area contributed by atoms with Crippen molar-refractivity contribution >= 4 is 17.6 Å². The summed E-state index contributed by atoms with van der Waals surface area (Å²) < 4.78 is 5.22. The van der Waals surface area contributed by atoms with Crippen molar-refractivity contribution < 1.29 is 14.3 Å². The SMILES string of the molecule is CCCCOC(=O)c1ccccc1NC(=O)/C(C#N)=C\NCCc1ccc(C)cc1. The minimum Gasteiger partial charge on any atom is -0.462 e. The van der Waals surface area contributed by atoms with Gasteiger partial charge in [-0.2, -0.15) is 5.26 Å². The van der Waals surface area contributed by atoms with Crippen LogP contribution in [0.1, 0.15) is 41.3 Å². The van der Waals surface area contributed by atoms with Crippen molar-refractivity contribution in [2.24, 2.45) is 0 Å². The van der Waals surface area contributed by atoms with Gasteiger partial charge in [0.2, 0.25) is 0 Å². The van der Waals surface area contributed by atoms with Crippen molar-refractivity contribution in [3.63, 3.8) is 0 Å². The number of nitrogens with one attached hydrogen (secondary N) is 2. The normalized spacial score (nSPS) is 10.8. The molecule has 1 amide bonds. The minimum atomic E-state index is -0.589. The predicted octanol–water partition coefficient (Wildman–Crippen LogP) is 4.13. The van der Waals surface area contributed by atoms with Gasteiger partial charge < -0.3 is 15.4 Å². The van der Waals surface area contributed by atoms with E-state index >= 15 is 0 Å². The highest BCUT2D eigenvalue weighted by Gasteiger charge is 2.16. The maximum Gasteiger partial charge on any atom is 0.340 e. The largest absolute Gasteiger partial charge is 0.462 e. The summed E-state index contributed by atoms with van der Waals surface area (Å²) in [5, 5.41) is 15.0. The van der Waals surface area contributed by atoms with Crippen LogP contribution in [-0.2, 0) is 16.0 Å². The van der Waals surface area contributed by atoms with E-state index in [-0.39, 0.29) is 11.1 Å². The molecule has 0 unspecified atom stereocenters. The lowest BCUT2D eigenvalue weighted by atomic mass is 10.1. The number of rotatable bonds is 10. The zero-order valence-corrected chi connectivity index (χ0v) is 17.4. The minimum absolute atomic E-state index is 0.0759. The molecular weight excluding hydrogens is 378 g/mol.